The second-order valence-corrected chi connectivity index (χ2v) is 10.0. The van der Waals surface area contributed by atoms with Crippen LogP contribution in [0.25, 0.3) is 11.6 Å². The van der Waals surface area contributed by atoms with Gasteiger partial charge in [-0.3, -0.25) is 14.4 Å². The van der Waals surface area contributed by atoms with E-state index in [1.807, 2.05) is 7.05 Å². The Morgan fingerprint density at radius 1 is 1.16 bits per heavy atom. The topological polar surface area (TPSA) is 138 Å². The van der Waals surface area contributed by atoms with Crippen molar-refractivity contribution in [3.05, 3.63) is 52.1 Å². The van der Waals surface area contributed by atoms with Crippen LogP contribution in [0.5, 0.6) is 0 Å². The number of nitrogens with one attached hydrogen (secondary N) is 3. The predicted octanol–water partition coefficient (Wildman–Crippen LogP) is 1.27. The molecule has 3 amide bonds. The lowest BCUT2D eigenvalue weighted by Gasteiger charge is -2.33. The fourth-order valence-electron chi connectivity index (χ4n) is 4.87. The maximum absolute atomic E-state index is 13.8. The number of aromatic amines is 1. The number of likely N-dealkylation sites (N-methyl/N-ethyl adjacent to an activating group) is 1. The number of benzene rings is 1. The summed E-state index contributed by atoms with van der Waals surface area (Å²) in [5.74, 6) is -1.40. The van der Waals surface area contributed by atoms with E-state index < -0.39 is 23.9 Å². The molecule has 1 aromatic heterocycles. The van der Waals surface area contributed by atoms with Crippen molar-refractivity contribution < 1.29 is 29.0 Å². The molecule has 0 spiro atoms. The number of H-pyrrole nitrogens is 1. The van der Waals surface area contributed by atoms with Crippen LogP contribution in [0.4, 0.5) is 10.1 Å². The van der Waals surface area contributed by atoms with Crippen molar-refractivity contribution in [3.8, 4) is 0 Å². The second kappa shape index (κ2) is 11.5. The number of aliphatic hydroxyl groups is 2. The van der Waals surface area contributed by atoms with Gasteiger partial charge in [0, 0.05) is 61.8 Å². The van der Waals surface area contributed by atoms with E-state index in [0.717, 1.165) is 13.1 Å². The van der Waals surface area contributed by atoms with E-state index in [4.69, 9.17) is 0 Å². The standard InChI is InChI=1S/C27H34FN5O5/c1-15-23(13-21-20-10-17(28)4-5-22(20)31-26(21)37)30-16(2)25(15)27(38)29-14-19(35)11-18(34)12-24(36)33-8-6-32(3)7-9-33/h4-5,10,13,18-19,30,34-35H,6-9,11-12,14H2,1-3H3,(H,29,38)(H,31,37)/b21-13-/t18-,19+/m1/s1. The van der Waals surface area contributed by atoms with Crippen LogP contribution >= 0.6 is 0 Å². The first-order valence-electron chi connectivity index (χ1n) is 12.7. The number of hydrogen-bond acceptors (Lipinski definition) is 6. The van der Waals surface area contributed by atoms with Gasteiger partial charge in [-0.2, -0.15) is 0 Å². The quantitative estimate of drug-likeness (QED) is 0.328. The zero-order valence-corrected chi connectivity index (χ0v) is 21.8. The van der Waals surface area contributed by atoms with Gasteiger partial charge in [-0.1, -0.05) is 0 Å². The number of carbonyl (C=O) groups is 3. The normalized spacial score (nSPS) is 18.3. The Labute approximate surface area is 220 Å². The number of halogens is 1. The molecule has 1 aromatic carbocycles. The Bertz CT molecular complexity index is 1260. The van der Waals surface area contributed by atoms with Crippen LogP contribution in [0.2, 0.25) is 0 Å². The number of aromatic nitrogens is 1. The molecule has 2 aromatic rings. The molecular formula is C27H34FN5O5. The Morgan fingerprint density at radius 2 is 1.87 bits per heavy atom. The Balaban J connectivity index is 1.34. The van der Waals surface area contributed by atoms with Gasteiger partial charge in [0.15, 0.2) is 0 Å². The van der Waals surface area contributed by atoms with Crippen molar-refractivity contribution >= 4 is 35.1 Å². The zero-order chi connectivity index (χ0) is 27.6. The number of anilines is 1. The number of aliphatic hydroxyl groups excluding tert-OH is 2. The van der Waals surface area contributed by atoms with Crippen LogP contribution in [0, 0.1) is 19.7 Å². The number of rotatable bonds is 8. The monoisotopic (exact) mass is 527 g/mol. The van der Waals surface area contributed by atoms with E-state index in [1.54, 1.807) is 24.8 Å². The molecule has 0 saturated carbocycles. The fraction of sp³-hybridized carbons (Fsp3) is 0.444. The number of hydrogen-bond donors (Lipinski definition) is 5. The van der Waals surface area contributed by atoms with Gasteiger partial charge < -0.3 is 35.6 Å². The zero-order valence-electron chi connectivity index (χ0n) is 21.8. The van der Waals surface area contributed by atoms with E-state index in [1.165, 1.54) is 18.2 Å². The molecule has 1 fully saturated rings. The van der Waals surface area contributed by atoms with Crippen LogP contribution < -0.4 is 10.6 Å². The van der Waals surface area contributed by atoms with E-state index >= 15 is 0 Å². The Morgan fingerprint density at radius 3 is 2.58 bits per heavy atom. The third-order valence-electron chi connectivity index (χ3n) is 7.07. The van der Waals surface area contributed by atoms with Crippen molar-refractivity contribution in [2.45, 2.75) is 38.9 Å². The molecule has 11 heteroatoms. The van der Waals surface area contributed by atoms with Crippen LogP contribution in [0.3, 0.4) is 0 Å². The molecular weight excluding hydrogens is 493 g/mol. The lowest BCUT2D eigenvalue weighted by atomic mass is 10.0. The molecule has 10 nitrogen and oxygen atoms in total. The molecule has 0 bridgehead atoms. The molecule has 3 heterocycles. The summed E-state index contributed by atoms with van der Waals surface area (Å²) in [5.41, 5.74) is 3.31. The summed E-state index contributed by atoms with van der Waals surface area (Å²) >= 11 is 0. The van der Waals surface area contributed by atoms with E-state index in [-0.39, 0.29) is 36.8 Å². The summed E-state index contributed by atoms with van der Waals surface area (Å²) in [5, 5.41) is 26.0. The number of fused-ring (bicyclic) bond motifs is 1. The molecule has 0 aliphatic carbocycles. The number of nitrogens with zero attached hydrogens (tertiary/aromatic N) is 2. The van der Waals surface area contributed by atoms with Gasteiger partial charge in [0.2, 0.25) is 5.91 Å². The second-order valence-electron chi connectivity index (χ2n) is 10.0. The molecule has 2 aliphatic heterocycles. The van der Waals surface area contributed by atoms with Crippen LogP contribution in [0.1, 0.15) is 45.7 Å². The van der Waals surface area contributed by atoms with Crippen molar-refractivity contribution in [2.75, 3.05) is 45.1 Å². The third kappa shape index (κ3) is 6.12. The molecule has 0 radical (unpaired) electrons. The first kappa shape index (κ1) is 27.5. The fourth-order valence-corrected chi connectivity index (χ4v) is 4.87. The van der Waals surface area contributed by atoms with Gasteiger partial charge in [-0.15, -0.1) is 0 Å². The largest absolute Gasteiger partial charge is 0.392 e. The number of carbonyl (C=O) groups excluding carboxylic acids is 3. The molecule has 204 valence electrons. The average Bonchev–Trinajstić information content (AvgIpc) is 3.32. The maximum Gasteiger partial charge on any atom is 0.256 e. The third-order valence-corrected chi connectivity index (χ3v) is 7.07. The van der Waals surface area contributed by atoms with E-state index in [2.05, 4.69) is 20.5 Å². The Hall–Kier alpha value is -3.54. The lowest BCUT2D eigenvalue weighted by Crippen LogP contribution is -2.48. The first-order valence-corrected chi connectivity index (χ1v) is 12.7. The average molecular weight is 528 g/mol. The summed E-state index contributed by atoms with van der Waals surface area (Å²) in [6, 6.07) is 4.05. The number of amides is 3. The van der Waals surface area contributed by atoms with Gasteiger partial charge in [0.25, 0.3) is 11.8 Å². The van der Waals surface area contributed by atoms with Gasteiger partial charge in [0.1, 0.15) is 5.82 Å². The minimum Gasteiger partial charge on any atom is -0.392 e. The maximum atomic E-state index is 13.8. The summed E-state index contributed by atoms with van der Waals surface area (Å²) in [6.45, 7) is 6.14. The molecule has 4 rings (SSSR count). The molecule has 38 heavy (non-hydrogen) atoms. The van der Waals surface area contributed by atoms with Gasteiger partial charge in [-0.25, -0.2) is 4.39 Å². The Kier molecular flexibility index (Phi) is 8.29. The first-order chi connectivity index (χ1) is 18.0. The van der Waals surface area contributed by atoms with Crippen LogP contribution in [-0.4, -0.2) is 94.7 Å². The van der Waals surface area contributed by atoms with Crippen LogP contribution in [0.15, 0.2) is 18.2 Å². The summed E-state index contributed by atoms with van der Waals surface area (Å²) in [6.07, 6.45) is -0.601. The molecule has 0 unspecified atom stereocenters. The lowest BCUT2D eigenvalue weighted by molar-refractivity contribution is -0.135. The summed E-state index contributed by atoms with van der Waals surface area (Å²) in [7, 11) is 1.99. The van der Waals surface area contributed by atoms with E-state index in [9.17, 15) is 29.0 Å². The van der Waals surface area contributed by atoms with Gasteiger partial charge in [0.05, 0.1) is 29.8 Å². The van der Waals surface area contributed by atoms with Crippen molar-refractivity contribution in [1.82, 2.24) is 20.1 Å². The summed E-state index contributed by atoms with van der Waals surface area (Å²) < 4.78 is 13.8. The highest BCUT2D eigenvalue weighted by Crippen LogP contribution is 2.34. The number of aryl methyl sites for hydroxylation is 1. The molecule has 2 aliphatic rings. The highest BCUT2D eigenvalue weighted by molar-refractivity contribution is 6.34. The van der Waals surface area contributed by atoms with Crippen molar-refractivity contribution in [1.29, 1.82) is 0 Å². The van der Waals surface area contributed by atoms with E-state index in [0.29, 0.717) is 46.9 Å². The van der Waals surface area contributed by atoms with Gasteiger partial charge >= 0.3 is 0 Å². The minimum absolute atomic E-state index is 0.0483. The highest BCUT2D eigenvalue weighted by atomic mass is 19.1. The van der Waals surface area contributed by atoms with Crippen molar-refractivity contribution in [2.24, 2.45) is 0 Å². The molecule has 2 atom stereocenters. The minimum atomic E-state index is -1.04. The molecule has 1 saturated heterocycles. The van der Waals surface area contributed by atoms with Crippen molar-refractivity contribution in [3.63, 3.8) is 0 Å². The summed E-state index contributed by atoms with van der Waals surface area (Å²) in [4.78, 5) is 44.7. The predicted molar refractivity (Wildman–Crippen MR) is 141 cm³/mol. The number of piperazine rings is 1. The van der Waals surface area contributed by atoms with Gasteiger partial charge in [-0.05, 0) is 50.7 Å². The van der Waals surface area contributed by atoms with Crippen LogP contribution in [-0.2, 0) is 9.59 Å². The molecule has 5 N–H and O–H groups in total. The SMILES string of the molecule is Cc1[nH]c(/C=C2\C(=O)Nc3ccc(F)cc32)c(C)c1C(=O)NC[C@@H](O)C[C@@H](O)CC(=O)N1CCN(C)CC1. The smallest absolute Gasteiger partial charge is 0.256 e. The highest BCUT2D eigenvalue weighted by Gasteiger charge is 2.27.